The molecule has 2 aromatic carbocycles. The minimum absolute atomic E-state index is 0.0284. The lowest BCUT2D eigenvalue weighted by atomic mass is 10.2. The number of furan rings is 1. The van der Waals surface area contributed by atoms with Gasteiger partial charge in [0, 0.05) is 31.6 Å². The average molecular weight is 463 g/mol. The first-order valence-electron chi connectivity index (χ1n) is 8.93. The molecule has 1 amide bonds. The standard InChI is InChI=1S/C20H19BrN2O4S/c21-17-8-4-7-16-13-18(27-19(16)17)20(24)22-9-11-23(12-10-22)28(25,26)14-15-5-2-1-3-6-15/h1-8,13H,9-12,14H2. The number of piperazine rings is 1. The van der Waals surface area contributed by atoms with Crippen molar-refractivity contribution in [3.05, 3.63) is 70.4 Å². The molecule has 1 saturated heterocycles. The first-order valence-corrected chi connectivity index (χ1v) is 11.3. The van der Waals surface area contributed by atoms with E-state index in [1.807, 2.05) is 36.4 Å². The molecule has 8 heteroatoms. The van der Waals surface area contributed by atoms with Crippen LogP contribution >= 0.6 is 15.9 Å². The van der Waals surface area contributed by atoms with Crippen molar-refractivity contribution in [2.24, 2.45) is 0 Å². The summed E-state index contributed by atoms with van der Waals surface area (Å²) in [5.74, 6) is 0.0186. The molecule has 28 heavy (non-hydrogen) atoms. The van der Waals surface area contributed by atoms with E-state index in [0.717, 1.165) is 15.4 Å². The maximum Gasteiger partial charge on any atom is 0.289 e. The number of fused-ring (bicyclic) bond motifs is 1. The Kier molecular flexibility index (Phi) is 5.27. The molecule has 3 aromatic rings. The van der Waals surface area contributed by atoms with Crippen LogP contribution in [0, 0.1) is 0 Å². The molecule has 0 N–H and O–H groups in total. The Balaban J connectivity index is 1.43. The van der Waals surface area contributed by atoms with Crippen molar-refractivity contribution >= 4 is 42.8 Å². The predicted octanol–water partition coefficient (Wildman–Crippen LogP) is 3.48. The van der Waals surface area contributed by atoms with E-state index >= 15 is 0 Å². The van der Waals surface area contributed by atoms with Gasteiger partial charge >= 0.3 is 0 Å². The molecule has 1 aromatic heterocycles. The van der Waals surface area contributed by atoms with Crippen LogP contribution in [0.25, 0.3) is 11.0 Å². The minimum atomic E-state index is -3.41. The number of para-hydroxylation sites is 1. The predicted molar refractivity (Wildman–Crippen MR) is 110 cm³/mol. The normalized spacial score (nSPS) is 15.8. The van der Waals surface area contributed by atoms with Crippen LogP contribution in [0.5, 0.6) is 0 Å². The molecule has 0 spiro atoms. The molecule has 4 rings (SSSR count). The summed E-state index contributed by atoms with van der Waals surface area (Å²) in [6.45, 7) is 1.24. The number of carbonyl (C=O) groups is 1. The van der Waals surface area contributed by atoms with E-state index < -0.39 is 10.0 Å². The zero-order valence-electron chi connectivity index (χ0n) is 15.0. The van der Waals surface area contributed by atoms with Crippen LogP contribution in [0.3, 0.4) is 0 Å². The summed E-state index contributed by atoms with van der Waals surface area (Å²) in [5.41, 5.74) is 1.39. The Morgan fingerprint density at radius 1 is 1.00 bits per heavy atom. The monoisotopic (exact) mass is 462 g/mol. The van der Waals surface area contributed by atoms with Crippen LogP contribution in [-0.2, 0) is 15.8 Å². The maximum atomic E-state index is 12.8. The third-order valence-corrected chi connectivity index (χ3v) is 7.29. The second kappa shape index (κ2) is 7.69. The van der Waals surface area contributed by atoms with E-state index in [-0.39, 0.29) is 30.5 Å². The quantitative estimate of drug-likeness (QED) is 0.594. The van der Waals surface area contributed by atoms with Crippen LogP contribution in [0.2, 0.25) is 0 Å². The summed E-state index contributed by atoms with van der Waals surface area (Å²) < 4.78 is 33.3. The summed E-state index contributed by atoms with van der Waals surface area (Å²) in [4.78, 5) is 14.4. The molecule has 6 nitrogen and oxygen atoms in total. The number of carbonyl (C=O) groups excluding carboxylic acids is 1. The fourth-order valence-corrected chi connectivity index (χ4v) is 5.31. The second-order valence-corrected chi connectivity index (χ2v) is 9.53. The summed E-state index contributed by atoms with van der Waals surface area (Å²) in [6.07, 6.45) is 0. The van der Waals surface area contributed by atoms with Gasteiger partial charge in [0.2, 0.25) is 10.0 Å². The van der Waals surface area contributed by atoms with Gasteiger partial charge in [-0.25, -0.2) is 8.42 Å². The van der Waals surface area contributed by atoms with Crippen molar-refractivity contribution in [2.45, 2.75) is 5.75 Å². The maximum absolute atomic E-state index is 12.8. The van der Waals surface area contributed by atoms with Crippen LogP contribution < -0.4 is 0 Å². The first kappa shape index (κ1) is 19.2. The number of halogens is 1. The topological polar surface area (TPSA) is 70.8 Å². The van der Waals surface area contributed by atoms with Gasteiger partial charge in [-0.05, 0) is 33.6 Å². The summed E-state index contributed by atoms with van der Waals surface area (Å²) >= 11 is 3.42. The van der Waals surface area contributed by atoms with Crippen molar-refractivity contribution in [1.29, 1.82) is 0 Å². The molecule has 2 heterocycles. The number of nitrogens with zero attached hydrogens (tertiary/aromatic N) is 2. The van der Waals surface area contributed by atoms with E-state index in [4.69, 9.17) is 4.42 Å². The number of amides is 1. The Bertz CT molecular complexity index is 1100. The van der Waals surface area contributed by atoms with E-state index in [1.54, 1.807) is 23.1 Å². The summed E-state index contributed by atoms with van der Waals surface area (Å²) in [6, 6.07) is 16.5. The molecule has 0 bridgehead atoms. The Labute approximate surface area is 171 Å². The van der Waals surface area contributed by atoms with Gasteiger partial charge in [-0.2, -0.15) is 4.31 Å². The van der Waals surface area contributed by atoms with Crippen LogP contribution in [0.15, 0.2) is 63.5 Å². The first-order chi connectivity index (χ1) is 13.4. The molecule has 0 unspecified atom stereocenters. The number of hydrogen-bond acceptors (Lipinski definition) is 4. The van der Waals surface area contributed by atoms with Gasteiger partial charge < -0.3 is 9.32 Å². The van der Waals surface area contributed by atoms with E-state index in [0.29, 0.717) is 18.7 Å². The largest absolute Gasteiger partial charge is 0.450 e. The molecular formula is C20H19BrN2O4S. The van der Waals surface area contributed by atoms with E-state index in [9.17, 15) is 13.2 Å². The average Bonchev–Trinajstić information content (AvgIpc) is 3.14. The van der Waals surface area contributed by atoms with Crippen molar-refractivity contribution in [3.63, 3.8) is 0 Å². The summed E-state index contributed by atoms with van der Waals surface area (Å²) in [7, 11) is -3.41. The third-order valence-electron chi connectivity index (χ3n) is 4.82. The van der Waals surface area contributed by atoms with Crippen molar-refractivity contribution in [2.75, 3.05) is 26.2 Å². The molecule has 146 valence electrons. The lowest BCUT2D eigenvalue weighted by Crippen LogP contribution is -2.50. The van der Waals surface area contributed by atoms with Crippen molar-refractivity contribution < 1.29 is 17.6 Å². The van der Waals surface area contributed by atoms with Gasteiger partial charge in [0.1, 0.15) is 5.58 Å². The minimum Gasteiger partial charge on any atom is -0.450 e. The van der Waals surface area contributed by atoms with Crippen LogP contribution in [-0.4, -0.2) is 49.7 Å². The van der Waals surface area contributed by atoms with Crippen LogP contribution in [0.1, 0.15) is 16.1 Å². The highest BCUT2D eigenvalue weighted by Gasteiger charge is 2.30. The zero-order chi connectivity index (χ0) is 19.7. The number of sulfonamides is 1. The summed E-state index contributed by atoms with van der Waals surface area (Å²) in [5, 5.41) is 0.849. The Morgan fingerprint density at radius 2 is 1.71 bits per heavy atom. The van der Waals surface area contributed by atoms with Gasteiger partial charge in [-0.1, -0.05) is 42.5 Å². The third kappa shape index (κ3) is 3.85. The fourth-order valence-electron chi connectivity index (χ4n) is 3.33. The number of benzene rings is 2. The smallest absolute Gasteiger partial charge is 0.289 e. The highest BCUT2D eigenvalue weighted by atomic mass is 79.9. The van der Waals surface area contributed by atoms with Crippen LogP contribution in [0.4, 0.5) is 0 Å². The van der Waals surface area contributed by atoms with E-state index in [1.165, 1.54) is 4.31 Å². The molecule has 1 fully saturated rings. The molecule has 0 atom stereocenters. The van der Waals surface area contributed by atoms with Gasteiger partial charge in [-0.15, -0.1) is 0 Å². The van der Waals surface area contributed by atoms with E-state index in [2.05, 4.69) is 15.9 Å². The molecular weight excluding hydrogens is 444 g/mol. The second-order valence-electron chi connectivity index (χ2n) is 6.70. The van der Waals surface area contributed by atoms with Crippen molar-refractivity contribution in [3.8, 4) is 0 Å². The highest BCUT2D eigenvalue weighted by Crippen LogP contribution is 2.28. The van der Waals surface area contributed by atoms with Gasteiger partial charge in [-0.3, -0.25) is 4.79 Å². The Hall–Kier alpha value is -2.16. The fraction of sp³-hybridized carbons (Fsp3) is 0.250. The SMILES string of the molecule is O=C(c1cc2cccc(Br)c2o1)N1CCN(S(=O)(=O)Cc2ccccc2)CC1. The zero-order valence-corrected chi connectivity index (χ0v) is 17.4. The molecule has 1 aliphatic rings. The molecule has 0 saturated carbocycles. The molecule has 1 aliphatic heterocycles. The van der Waals surface area contributed by atoms with Gasteiger partial charge in [0.05, 0.1) is 10.2 Å². The molecule has 0 radical (unpaired) electrons. The highest BCUT2D eigenvalue weighted by molar-refractivity contribution is 9.10. The lowest BCUT2D eigenvalue weighted by Gasteiger charge is -2.33. The van der Waals surface area contributed by atoms with Gasteiger partial charge in [0.25, 0.3) is 5.91 Å². The lowest BCUT2D eigenvalue weighted by molar-refractivity contribution is 0.0668. The molecule has 0 aliphatic carbocycles. The Morgan fingerprint density at radius 3 is 2.39 bits per heavy atom. The van der Waals surface area contributed by atoms with Gasteiger partial charge in [0.15, 0.2) is 5.76 Å². The van der Waals surface area contributed by atoms with Crippen molar-refractivity contribution in [1.82, 2.24) is 9.21 Å². The number of rotatable bonds is 4. The number of hydrogen-bond donors (Lipinski definition) is 0.